The minimum absolute atomic E-state index is 0.110. The van der Waals surface area contributed by atoms with Gasteiger partial charge in [-0.3, -0.25) is 0 Å². The Morgan fingerprint density at radius 1 is 1.32 bits per heavy atom. The summed E-state index contributed by atoms with van der Waals surface area (Å²) in [6, 6.07) is 7.66. The van der Waals surface area contributed by atoms with Crippen LogP contribution < -0.4 is 5.32 Å². The first-order valence-corrected chi connectivity index (χ1v) is 7.97. The fourth-order valence-corrected chi connectivity index (χ4v) is 2.69. The van der Waals surface area contributed by atoms with Gasteiger partial charge in [-0.2, -0.15) is 0 Å². The lowest BCUT2D eigenvalue weighted by atomic mass is 10.0. The highest BCUT2D eigenvalue weighted by molar-refractivity contribution is 6.30. The van der Waals surface area contributed by atoms with E-state index in [-0.39, 0.29) is 6.04 Å². The van der Waals surface area contributed by atoms with Gasteiger partial charge in [0.2, 0.25) is 0 Å². The molecular formula is C17H21ClN2O2. The Morgan fingerprint density at radius 2 is 2.00 bits per heavy atom. The maximum Gasteiger partial charge on any atom is 0.404 e. The molecule has 118 valence electrons. The molecule has 0 radical (unpaired) electrons. The number of piperidine rings is 1. The summed E-state index contributed by atoms with van der Waals surface area (Å²) in [5.41, 5.74) is 0.991. The van der Waals surface area contributed by atoms with Gasteiger partial charge in [-0.1, -0.05) is 23.4 Å². The molecule has 1 aliphatic heterocycles. The zero-order valence-corrected chi connectivity index (χ0v) is 13.3. The topological polar surface area (TPSA) is 52.6 Å². The summed E-state index contributed by atoms with van der Waals surface area (Å²) in [6.45, 7) is 2.93. The molecule has 22 heavy (non-hydrogen) atoms. The lowest BCUT2D eigenvalue weighted by Crippen LogP contribution is -2.44. The second-order valence-electron chi connectivity index (χ2n) is 5.48. The van der Waals surface area contributed by atoms with Crippen molar-refractivity contribution in [2.24, 2.45) is 0 Å². The van der Waals surface area contributed by atoms with Gasteiger partial charge in [-0.15, -0.1) is 0 Å². The molecule has 0 aliphatic carbocycles. The van der Waals surface area contributed by atoms with Crippen LogP contribution in [-0.2, 0) is 0 Å². The average molecular weight is 321 g/mol. The Balaban J connectivity index is 1.62. The van der Waals surface area contributed by atoms with Gasteiger partial charge in [0.25, 0.3) is 0 Å². The smallest absolute Gasteiger partial charge is 0.404 e. The maximum atomic E-state index is 10.6. The van der Waals surface area contributed by atoms with E-state index in [0.717, 1.165) is 55.9 Å². The van der Waals surface area contributed by atoms with Crippen molar-refractivity contribution in [3.05, 3.63) is 34.9 Å². The van der Waals surface area contributed by atoms with Crippen LogP contribution in [-0.4, -0.2) is 41.8 Å². The molecular weight excluding hydrogens is 300 g/mol. The van der Waals surface area contributed by atoms with Crippen LogP contribution in [0.15, 0.2) is 24.3 Å². The van der Waals surface area contributed by atoms with Crippen LogP contribution in [0, 0.1) is 11.8 Å². The first kappa shape index (κ1) is 16.7. The highest BCUT2D eigenvalue weighted by Crippen LogP contribution is 2.11. The molecule has 1 aromatic carbocycles. The molecule has 2 N–H and O–H groups in total. The van der Waals surface area contributed by atoms with Gasteiger partial charge in [-0.05, 0) is 50.1 Å². The third-order valence-electron chi connectivity index (χ3n) is 3.77. The van der Waals surface area contributed by atoms with Crippen LogP contribution in [0.5, 0.6) is 0 Å². The molecule has 1 aromatic rings. The van der Waals surface area contributed by atoms with E-state index in [1.807, 2.05) is 24.3 Å². The number of hydrogen-bond donors (Lipinski definition) is 2. The molecule has 2 rings (SSSR count). The molecule has 1 heterocycles. The van der Waals surface area contributed by atoms with Gasteiger partial charge in [0.05, 0.1) is 0 Å². The van der Waals surface area contributed by atoms with Crippen molar-refractivity contribution in [2.45, 2.75) is 31.7 Å². The fraction of sp³-hybridized carbons (Fsp3) is 0.471. The number of nitrogens with zero attached hydrogens (tertiary/aromatic N) is 1. The number of hydrogen-bond acceptors (Lipinski definition) is 2. The number of likely N-dealkylation sites (tertiary alicyclic amines) is 1. The van der Waals surface area contributed by atoms with Gasteiger partial charge in [0, 0.05) is 36.1 Å². The Kier molecular flexibility index (Phi) is 6.57. The zero-order chi connectivity index (χ0) is 15.8. The van der Waals surface area contributed by atoms with Gasteiger partial charge in [0.1, 0.15) is 0 Å². The molecule has 0 bridgehead atoms. The lowest BCUT2D eigenvalue weighted by Gasteiger charge is -2.31. The number of carboxylic acid groups (broad SMARTS) is 1. The molecule has 0 spiro atoms. The summed E-state index contributed by atoms with van der Waals surface area (Å²) in [5.74, 6) is 6.32. The van der Waals surface area contributed by atoms with Crippen molar-refractivity contribution in [2.75, 3.05) is 19.6 Å². The maximum absolute atomic E-state index is 10.6. The second kappa shape index (κ2) is 8.67. The van der Waals surface area contributed by atoms with Crippen LogP contribution in [0.3, 0.4) is 0 Å². The van der Waals surface area contributed by atoms with E-state index in [4.69, 9.17) is 16.7 Å². The molecule has 1 saturated heterocycles. The molecule has 5 heteroatoms. The molecule has 4 nitrogen and oxygen atoms in total. The first-order valence-electron chi connectivity index (χ1n) is 7.60. The second-order valence-corrected chi connectivity index (χ2v) is 5.91. The molecule has 1 fully saturated rings. The third kappa shape index (κ3) is 5.97. The Morgan fingerprint density at radius 3 is 2.64 bits per heavy atom. The van der Waals surface area contributed by atoms with E-state index in [1.54, 1.807) is 0 Å². The van der Waals surface area contributed by atoms with Gasteiger partial charge < -0.3 is 15.3 Å². The van der Waals surface area contributed by atoms with Crippen LogP contribution in [0.1, 0.15) is 31.2 Å². The van der Waals surface area contributed by atoms with Crippen molar-refractivity contribution in [1.29, 1.82) is 0 Å². The number of nitrogens with one attached hydrogen (secondary N) is 1. The first-order chi connectivity index (χ1) is 10.6. The van der Waals surface area contributed by atoms with Crippen molar-refractivity contribution < 1.29 is 9.90 Å². The van der Waals surface area contributed by atoms with Gasteiger partial charge in [-0.25, -0.2) is 4.79 Å². The quantitative estimate of drug-likeness (QED) is 0.661. The Hall–Kier alpha value is -1.70. The number of unbranched alkanes of at least 4 members (excludes halogenated alkanes) is 1. The SMILES string of the molecule is O=C(O)NC1CCN(CCCC#Cc2ccc(Cl)cc2)CC1. The van der Waals surface area contributed by atoms with E-state index in [0.29, 0.717) is 0 Å². The predicted octanol–water partition coefficient (Wildman–Crippen LogP) is 3.20. The lowest BCUT2D eigenvalue weighted by molar-refractivity contribution is 0.168. The standard InChI is InChI=1S/C17H21ClN2O2/c18-15-7-5-14(6-8-15)4-2-1-3-11-20-12-9-16(10-13-20)19-17(21)22/h5-8,16,19H,1,3,9-13H2,(H,21,22). The van der Waals surface area contributed by atoms with Crippen molar-refractivity contribution in [3.63, 3.8) is 0 Å². The zero-order valence-electron chi connectivity index (χ0n) is 12.5. The summed E-state index contributed by atoms with van der Waals surface area (Å²) < 4.78 is 0. The molecule has 0 atom stereocenters. The molecule has 0 aromatic heterocycles. The summed E-state index contributed by atoms with van der Waals surface area (Å²) in [5, 5.41) is 12.0. The third-order valence-corrected chi connectivity index (χ3v) is 4.02. The number of carbonyl (C=O) groups is 1. The van der Waals surface area contributed by atoms with E-state index in [9.17, 15) is 4.79 Å². The highest BCUT2D eigenvalue weighted by atomic mass is 35.5. The van der Waals surface area contributed by atoms with E-state index in [1.165, 1.54) is 0 Å². The van der Waals surface area contributed by atoms with Crippen molar-refractivity contribution in [3.8, 4) is 11.8 Å². The molecule has 0 unspecified atom stereocenters. The van der Waals surface area contributed by atoms with Crippen molar-refractivity contribution >= 4 is 17.7 Å². The normalized spacial score (nSPS) is 15.9. The monoisotopic (exact) mass is 320 g/mol. The number of amides is 1. The fourth-order valence-electron chi connectivity index (χ4n) is 2.56. The largest absolute Gasteiger partial charge is 0.465 e. The van der Waals surface area contributed by atoms with Crippen LogP contribution in [0.25, 0.3) is 0 Å². The van der Waals surface area contributed by atoms with E-state index < -0.39 is 6.09 Å². The van der Waals surface area contributed by atoms with Crippen LogP contribution >= 0.6 is 11.6 Å². The van der Waals surface area contributed by atoms with Crippen molar-refractivity contribution in [1.82, 2.24) is 10.2 Å². The summed E-state index contributed by atoms with van der Waals surface area (Å²) >= 11 is 5.83. The minimum atomic E-state index is -0.920. The minimum Gasteiger partial charge on any atom is -0.465 e. The number of rotatable bonds is 4. The number of halogens is 1. The summed E-state index contributed by atoms with van der Waals surface area (Å²) in [4.78, 5) is 13.0. The summed E-state index contributed by atoms with van der Waals surface area (Å²) in [7, 11) is 0. The average Bonchev–Trinajstić information content (AvgIpc) is 2.50. The molecule has 1 aliphatic rings. The number of benzene rings is 1. The predicted molar refractivity (Wildman–Crippen MR) is 88.2 cm³/mol. The van der Waals surface area contributed by atoms with E-state index >= 15 is 0 Å². The molecule has 1 amide bonds. The summed E-state index contributed by atoms with van der Waals surface area (Å²) in [6.07, 6.45) is 2.77. The van der Waals surface area contributed by atoms with Gasteiger partial charge >= 0.3 is 6.09 Å². The highest BCUT2D eigenvalue weighted by Gasteiger charge is 2.19. The molecule has 0 saturated carbocycles. The van der Waals surface area contributed by atoms with Crippen LogP contribution in [0.4, 0.5) is 4.79 Å². The Bertz CT molecular complexity index is 540. The Labute approximate surface area is 136 Å². The van der Waals surface area contributed by atoms with Gasteiger partial charge in [0.15, 0.2) is 0 Å². The van der Waals surface area contributed by atoms with E-state index in [2.05, 4.69) is 22.1 Å². The van der Waals surface area contributed by atoms with Crippen LogP contribution in [0.2, 0.25) is 5.02 Å².